The maximum absolute atomic E-state index is 12.5. The quantitative estimate of drug-likeness (QED) is 0.643. The number of carbonyl (C=O) groups is 1. The van der Waals surface area contributed by atoms with E-state index in [-0.39, 0.29) is 30.2 Å². The van der Waals surface area contributed by atoms with Crippen LogP contribution in [-0.2, 0) is 9.47 Å². The van der Waals surface area contributed by atoms with Crippen molar-refractivity contribution in [2.75, 3.05) is 18.5 Å². The molecule has 0 aliphatic carbocycles. The van der Waals surface area contributed by atoms with Crippen molar-refractivity contribution in [3.05, 3.63) is 78.0 Å². The molecule has 160 valence electrons. The molecule has 0 unspecified atom stereocenters. The summed E-state index contributed by atoms with van der Waals surface area (Å²) in [5.74, 6) is 0.315. The summed E-state index contributed by atoms with van der Waals surface area (Å²) in [6.07, 6.45) is 1.22. The second-order valence-electron chi connectivity index (χ2n) is 7.75. The van der Waals surface area contributed by atoms with Crippen LogP contribution in [0.2, 0.25) is 0 Å². The van der Waals surface area contributed by atoms with Gasteiger partial charge in [0.1, 0.15) is 12.2 Å². The highest BCUT2D eigenvalue weighted by atomic mass is 16.6. The fourth-order valence-corrected chi connectivity index (χ4v) is 4.09. The second-order valence-corrected chi connectivity index (χ2v) is 7.75. The lowest BCUT2D eigenvalue weighted by atomic mass is 10.1. The Kier molecular flexibility index (Phi) is 5.50. The summed E-state index contributed by atoms with van der Waals surface area (Å²) in [6.45, 7) is 0.804. The lowest BCUT2D eigenvalue weighted by Gasteiger charge is -2.18. The van der Waals surface area contributed by atoms with Gasteiger partial charge in [0, 0.05) is 17.3 Å². The van der Waals surface area contributed by atoms with Crippen LogP contribution in [0.3, 0.4) is 0 Å². The molecule has 0 bridgehead atoms. The van der Waals surface area contributed by atoms with Crippen LogP contribution >= 0.6 is 0 Å². The molecule has 3 heterocycles. The van der Waals surface area contributed by atoms with E-state index in [9.17, 15) is 4.79 Å². The molecule has 8 nitrogen and oxygen atoms in total. The van der Waals surface area contributed by atoms with Crippen LogP contribution in [0.5, 0.6) is 0 Å². The zero-order chi connectivity index (χ0) is 21.9. The van der Waals surface area contributed by atoms with E-state index in [1.54, 1.807) is 36.5 Å². The number of fused-ring (bicyclic) bond motifs is 1. The van der Waals surface area contributed by atoms with E-state index in [1.807, 2.05) is 30.3 Å². The van der Waals surface area contributed by atoms with Crippen LogP contribution in [0.1, 0.15) is 15.9 Å². The molecule has 0 spiro atoms. The molecule has 2 aromatic carbocycles. The number of benzene rings is 2. The third-order valence-electron chi connectivity index (χ3n) is 5.66. The van der Waals surface area contributed by atoms with Crippen molar-refractivity contribution in [3.63, 3.8) is 0 Å². The van der Waals surface area contributed by atoms with Crippen molar-refractivity contribution in [1.29, 1.82) is 5.26 Å². The van der Waals surface area contributed by atoms with Gasteiger partial charge in [-0.1, -0.05) is 30.3 Å². The molecule has 4 atom stereocenters. The normalized spacial score (nSPS) is 23.8. The molecule has 32 heavy (non-hydrogen) atoms. The van der Waals surface area contributed by atoms with Gasteiger partial charge in [0.05, 0.1) is 42.6 Å². The standard InChI is InChI=1S/C24H21N5O3/c25-12-15-5-4-8-17(11-15)18-9-10-26-24(28-18)29-20-14-32-21-19(13-31-22(20)21)27-23(30)16-6-2-1-3-7-16/h1-11,19-22H,13-14H2,(H,27,30)(H,26,28,29)/t19-,20-,21+,22+/m0/s1. The first-order valence-corrected chi connectivity index (χ1v) is 10.4. The van der Waals surface area contributed by atoms with Gasteiger partial charge in [0.2, 0.25) is 5.95 Å². The Hall–Kier alpha value is -3.80. The van der Waals surface area contributed by atoms with Crippen LogP contribution in [0, 0.1) is 11.3 Å². The van der Waals surface area contributed by atoms with E-state index in [0.29, 0.717) is 30.3 Å². The van der Waals surface area contributed by atoms with Gasteiger partial charge in [-0.25, -0.2) is 9.97 Å². The predicted molar refractivity (Wildman–Crippen MR) is 117 cm³/mol. The summed E-state index contributed by atoms with van der Waals surface area (Å²) in [5.41, 5.74) is 2.74. The first-order valence-electron chi connectivity index (χ1n) is 10.4. The minimum Gasteiger partial charge on any atom is -0.371 e. The molecule has 2 saturated heterocycles. The molecule has 8 heteroatoms. The number of nitrogens with one attached hydrogen (secondary N) is 2. The van der Waals surface area contributed by atoms with Gasteiger partial charge in [-0.3, -0.25) is 4.79 Å². The Balaban J connectivity index is 1.25. The monoisotopic (exact) mass is 427 g/mol. The minimum absolute atomic E-state index is 0.140. The number of nitrogens with zero attached hydrogens (tertiary/aromatic N) is 3. The molecular formula is C24H21N5O3. The highest BCUT2D eigenvalue weighted by Gasteiger charge is 2.48. The molecule has 2 N–H and O–H groups in total. The number of rotatable bonds is 5. The number of hydrogen-bond acceptors (Lipinski definition) is 7. The number of amides is 1. The molecule has 5 rings (SSSR count). The Morgan fingerprint density at radius 3 is 2.59 bits per heavy atom. The summed E-state index contributed by atoms with van der Waals surface area (Å²) in [6, 6.07) is 20.0. The fourth-order valence-electron chi connectivity index (χ4n) is 4.09. The predicted octanol–water partition coefficient (Wildman–Crippen LogP) is 2.39. The number of aromatic nitrogens is 2. The highest BCUT2D eigenvalue weighted by Crippen LogP contribution is 2.29. The van der Waals surface area contributed by atoms with Crippen molar-refractivity contribution >= 4 is 11.9 Å². The maximum Gasteiger partial charge on any atom is 0.251 e. The Morgan fingerprint density at radius 2 is 1.78 bits per heavy atom. The van der Waals surface area contributed by atoms with Crippen LogP contribution in [0.15, 0.2) is 66.9 Å². The SMILES string of the molecule is N#Cc1cccc(-c2ccnc(N[C@H]3CO[C@H]4[C@@H]3OC[C@@H]4NC(=O)c3ccccc3)n2)c1. The Bertz CT molecular complexity index is 1160. The van der Waals surface area contributed by atoms with Crippen LogP contribution in [0.4, 0.5) is 5.95 Å². The average molecular weight is 427 g/mol. The van der Waals surface area contributed by atoms with Gasteiger partial charge in [0.25, 0.3) is 5.91 Å². The Morgan fingerprint density at radius 1 is 1.00 bits per heavy atom. The van der Waals surface area contributed by atoms with E-state index in [0.717, 1.165) is 11.3 Å². The molecule has 0 saturated carbocycles. The van der Waals surface area contributed by atoms with Crippen LogP contribution < -0.4 is 10.6 Å². The van der Waals surface area contributed by atoms with Gasteiger partial charge >= 0.3 is 0 Å². The van der Waals surface area contributed by atoms with Crippen molar-refractivity contribution in [2.45, 2.75) is 24.3 Å². The van der Waals surface area contributed by atoms with Crippen molar-refractivity contribution in [2.24, 2.45) is 0 Å². The van der Waals surface area contributed by atoms with E-state index in [1.165, 1.54) is 0 Å². The molecular weight excluding hydrogens is 406 g/mol. The molecule has 3 aromatic rings. The largest absolute Gasteiger partial charge is 0.371 e. The summed E-state index contributed by atoms with van der Waals surface area (Å²) in [7, 11) is 0. The lowest BCUT2D eigenvalue weighted by Crippen LogP contribution is -2.44. The summed E-state index contributed by atoms with van der Waals surface area (Å²) in [5, 5.41) is 15.5. The van der Waals surface area contributed by atoms with Gasteiger partial charge < -0.3 is 20.1 Å². The van der Waals surface area contributed by atoms with Gasteiger partial charge in [-0.05, 0) is 30.3 Å². The summed E-state index contributed by atoms with van der Waals surface area (Å²) >= 11 is 0. The molecule has 1 aromatic heterocycles. The second kappa shape index (κ2) is 8.75. The van der Waals surface area contributed by atoms with Gasteiger partial charge in [-0.15, -0.1) is 0 Å². The first-order chi connectivity index (χ1) is 15.7. The zero-order valence-corrected chi connectivity index (χ0v) is 17.1. The third-order valence-corrected chi connectivity index (χ3v) is 5.66. The van der Waals surface area contributed by atoms with E-state index < -0.39 is 0 Å². The van der Waals surface area contributed by atoms with E-state index >= 15 is 0 Å². The molecule has 0 radical (unpaired) electrons. The topological polar surface area (TPSA) is 109 Å². The van der Waals surface area contributed by atoms with Crippen molar-refractivity contribution in [3.8, 4) is 17.3 Å². The van der Waals surface area contributed by atoms with Crippen molar-refractivity contribution in [1.82, 2.24) is 15.3 Å². The number of anilines is 1. The summed E-state index contributed by atoms with van der Waals surface area (Å²) < 4.78 is 11.9. The van der Waals surface area contributed by atoms with Crippen molar-refractivity contribution < 1.29 is 14.3 Å². The summed E-state index contributed by atoms with van der Waals surface area (Å²) in [4.78, 5) is 21.4. The maximum atomic E-state index is 12.5. The molecule has 1 amide bonds. The van der Waals surface area contributed by atoms with Crippen LogP contribution in [-0.4, -0.2) is 53.4 Å². The van der Waals surface area contributed by atoms with Crippen LogP contribution in [0.25, 0.3) is 11.3 Å². The fraction of sp³-hybridized carbons (Fsp3) is 0.250. The average Bonchev–Trinajstić information content (AvgIpc) is 3.43. The smallest absolute Gasteiger partial charge is 0.251 e. The molecule has 2 aliphatic heterocycles. The number of hydrogen-bond donors (Lipinski definition) is 2. The van der Waals surface area contributed by atoms with Gasteiger partial charge in [0.15, 0.2) is 0 Å². The lowest BCUT2D eigenvalue weighted by molar-refractivity contribution is 0.0652. The Labute approximate surface area is 185 Å². The first kappa shape index (κ1) is 20.1. The molecule has 2 fully saturated rings. The number of carbonyl (C=O) groups excluding carboxylic acids is 1. The molecule has 2 aliphatic rings. The van der Waals surface area contributed by atoms with E-state index in [4.69, 9.17) is 14.7 Å². The highest BCUT2D eigenvalue weighted by molar-refractivity contribution is 5.94. The third kappa shape index (κ3) is 4.04. The zero-order valence-electron chi connectivity index (χ0n) is 17.1. The van der Waals surface area contributed by atoms with Gasteiger partial charge in [-0.2, -0.15) is 5.26 Å². The number of nitriles is 1. The minimum atomic E-state index is -0.240. The number of ether oxygens (including phenoxy) is 2. The van der Waals surface area contributed by atoms with E-state index in [2.05, 4.69) is 26.7 Å².